The molecule has 0 spiro atoms. The Morgan fingerprint density at radius 3 is 2.58 bits per heavy atom. The van der Waals surface area contributed by atoms with Crippen molar-refractivity contribution in [3.8, 4) is 6.07 Å². The van der Waals surface area contributed by atoms with Crippen LogP contribution >= 0.6 is 0 Å². The quantitative estimate of drug-likeness (QED) is 0.662. The Morgan fingerprint density at radius 1 is 1.19 bits per heavy atom. The molecule has 4 heteroatoms. The van der Waals surface area contributed by atoms with Crippen LogP contribution in [0.3, 0.4) is 0 Å². The van der Waals surface area contributed by atoms with Crippen molar-refractivity contribution in [2.45, 2.75) is 33.6 Å². The Morgan fingerprint density at radius 2 is 1.88 bits per heavy atom. The highest BCUT2D eigenvalue weighted by molar-refractivity contribution is 6.09. The minimum absolute atomic E-state index is 0.112. The van der Waals surface area contributed by atoms with Gasteiger partial charge < -0.3 is 10.2 Å². The molecular weight excluding hydrogens is 322 g/mol. The molecule has 0 atom stereocenters. The van der Waals surface area contributed by atoms with Gasteiger partial charge in [0.2, 0.25) is 0 Å². The zero-order chi connectivity index (χ0) is 18.7. The molecule has 132 valence electrons. The monoisotopic (exact) mass is 345 g/mol. The summed E-state index contributed by atoms with van der Waals surface area (Å²) >= 11 is 0. The molecule has 1 amide bonds. The highest BCUT2D eigenvalue weighted by atomic mass is 16.2. The van der Waals surface area contributed by atoms with Gasteiger partial charge >= 0.3 is 0 Å². The van der Waals surface area contributed by atoms with E-state index in [2.05, 4.69) is 30.4 Å². The molecule has 1 aliphatic rings. The normalized spacial score (nSPS) is 13.8. The van der Waals surface area contributed by atoms with Gasteiger partial charge in [-0.05, 0) is 56.4 Å². The van der Waals surface area contributed by atoms with Crippen molar-refractivity contribution in [1.29, 1.82) is 5.26 Å². The first kappa shape index (κ1) is 17.8. The van der Waals surface area contributed by atoms with Crippen LogP contribution in [0, 0.1) is 32.1 Å². The fraction of sp³-hybridized carbons (Fsp3) is 0.273. The van der Waals surface area contributed by atoms with Gasteiger partial charge in [-0.1, -0.05) is 35.9 Å². The number of carbonyl (C=O) groups is 1. The molecule has 0 unspecified atom stereocenters. The number of carbonyl (C=O) groups excluding carboxylic acids is 1. The van der Waals surface area contributed by atoms with E-state index in [0.29, 0.717) is 6.54 Å². The summed E-state index contributed by atoms with van der Waals surface area (Å²) in [4.78, 5) is 14.6. The van der Waals surface area contributed by atoms with Crippen LogP contribution in [0.4, 0.5) is 11.4 Å². The van der Waals surface area contributed by atoms with Crippen LogP contribution in [0.25, 0.3) is 0 Å². The van der Waals surface area contributed by atoms with Crippen molar-refractivity contribution >= 4 is 17.3 Å². The molecule has 0 radical (unpaired) electrons. The summed E-state index contributed by atoms with van der Waals surface area (Å²) in [6.45, 7) is 6.73. The lowest BCUT2D eigenvalue weighted by molar-refractivity contribution is -0.114. The second-order valence-electron chi connectivity index (χ2n) is 6.78. The molecule has 26 heavy (non-hydrogen) atoms. The van der Waals surface area contributed by atoms with Crippen molar-refractivity contribution in [2.24, 2.45) is 0 Å². The van der Waals surface area contributed by atoms with Crippen molar-refractivity contribution in [1.82, 2.24) is 0 Å². The summed E-state index contributed by atoms with van der Waals surface area (Å²) in [6.07, 6.45) is 3.40. The van der Waals surface area contributed by atoms with Gasteiger partial charge in [-0.2, -0.15) is 5.26 Å². The molecule has 0 saturated carbocycles. The summed E-state index contributed by atoms with van der Waals surface area (Å²) in [5.41, 5.74) is 6.49. The van der Waals surface area contributed by atoms with Crippen molar-refractivity contribution < 1.29 is 4.79 Å². The minimum Gasteiger partial charge on any atom is -0.360 e. The molecule has 0 aromatic heterocycles. The average molecular weight is 345 g/mol. The third-order valence-corrected chi connectivity index (χ3v) is 4.74. The smallest absolute Gasteiger partial charge is 0.270 e. The Labute approximate surface area is 154 Å². The first-order chi connectivity index (χ1) is 12.5. The molecular formula is C22H23N3O. The van der Waals surface area contributed by atoms with Gasteiger partial charge in [-0.15, -0.1) is 0 Å². The Kier molecular flexibility index (Phi) is 5.09. The number of hydrogen-bond donors (Lipinski definition) is 1. The fourth-order valence-electron chi connectivity index (χ4n) is 3.58. The second kappa shape index (κ2) is 7.45. The molecule has 1 aliphatic heterocycles. The lowest BCUT2D eigenvalue weighted by Gasteiger charge is -2.29. The van der Waals surface area contributed by atoms with Crippen LogP contribution < -0.4 is 10.2 Å². The van der Waals surface area contributed by atoms with Gasteiger partial charge in [-0.3, -0.25) is 4.79 Å². The summed E-state index contributed by atoms with van der Waals surface area (Å²) in [7, 11) is 0. The highest BCUT2D eigenvalue weighted by Crippen LogP contribution is 2.28. The van der Waals surface area contributed by atoms with Gasteiger partial charge in [0.25, 0.3) is 5.91 Å². The number of fused-ring (bicyclic) bond motifs is 1. The molecule has 3 rings (SSSR count). The van der Waals surface area contributed by atoms with Crippen LogP contribution in [-0.4, -0.2) is 12.5 Å². The minimum atomic E-state index is -0.255. The van der Waals surface area contributed by atoms with Gasteiger partial charge in [0.1, 0.15) is 11.6 Å². The number of nitriles is 1. The third kappa shape index (κ3) is 3.48. The van der Waals surface area contributed by atoms with Gasteiger partial charge in [0, 0.05) is 24.1 Å². The van der Waals surface area contributed by atoms with Crippen LogP contribution in [0.15, 0.2) is 48.2 Å². The lowest BCUT2D eigenvalue weighted by Crippen LogP contribution is -2.36. The molecule has 4 nitrogen and oxygen atoms in total. The summed E-state index contributed by atoms with van der Waals surface area (Å²) in [5, 5.41) is 12.7. The Balaban J connectivity index is 1.87. The second-order valence-corrected chi connectivity index (χ2v) is 6.78. The van der Waals surface area contributed by atoms with E-state index in [1.54, 1.807) is 4.90 Å². The van der Waals surface area contributed by atoms with E-state index in [1.807, 2.05) is 38.1 Å². The van der Waals surface area contributed by atoms with Crippen LogP contribution in [0.1, 0.15) is 28.7 Å². The molecule has 2 aromatic carbocycles. The van der Waals surface area contributed by atoms with Crippen LogP contribution in [0.5, 0.6) is 0 Å². The summed E-state index contributed by atoms with van der Waals surface area (Å²) in [5.74, 6) is -0.255. The third-order valence-electron chi connectivity index (χ3n) is 4.74. The topological polar surface area (TPSA) is 56.1 Å². The maximum Gasteiger partial charge on any atom is 0.270 e. The maximum atomic E-state index is 12.9. The molecule has 0 bridgehead atoms. The van der Waals surface area contributed by atoms with Gasteiger partial charge in [0.05, 0.1) is 0 Å². The molecule has 0 saturated heterocycles. The number of rotatable bonds is 3. The Hall–Kier alpha value is -3.06. The number of nitrogens with one attached hydrogen (secondary N) is 1. The van der Waals surface area contributed by atoms with E-state index < -0.39 is 0 Å². The zero-order valence-corrected chi connectivity index (χ0v) is 15.5. The number of aryl methyl sites for hydroxylation is 4. The average Bonchev–Trinajstić information content (AvgIpc) is 2.63. The summed E-state index contributed by atoms with van der Waals surface area (Å²) in [6, 6.07) is 14.1. The Bertz CT molecular complexity index is 898. The van der Waals surface area contributed by atoms with Crippen LogP contribution in [0.2, 0.25) is 0 Å². The van der Waals surface area contributed by atoms with Gasteiger partial charge in [0.15, 0.2) is 0 Å². The van der Waals surface area contributed by atoms with Crippen molar-refractivity contribution in [2.75, 3.05) is 16.8 Å². The molecule has 2 aromatic rings. The zero-order valence-electron chi connectivity index (χ0n) is 15.5. The number of nitrogens with zero attached hydrogens (tertiary/aromatic N) is 2. The molecule has 0 fully saturated rings. The number of hydrogen-bond acceptors (Lipinski definition) is 3. The lowest BCUT2D eigenvalue weighted by atomic mass is 10.0. The number of amides is 1. The number of anilines is 2. The number of para-hydroxylation sites is 1. The fourth-order valence-corrected chi connectivity index (χ4v) is 3.58. The first-order valence-corrected chi connectivity index (χ1v) is 8.85. The summed E-state index contributed by atoms with van der Waals surface area (Å²) < 4.78 is 0. The van der Waals surface area contributed by atoms with E-state index in [-0.39, 0.29) is 11.5 Å². The SMILES string of the molecule is Cc1cc(C)c(N/C=C(/C#N)C(=O)N2CCCc3ccccc32)c(C)c1. The van der Waals surface area contributed by atoms with Crippen molar-refractivity contribution in [3.05, 3.63) is 70.4 Å². The van der Waals surface area contributed by atoms with E-state index >= 15 is 0 Å². The van der Waals surface area contributed by atoms with Crippen molar-refractivity contribution in [3.63, 3.8) is 0 Å². The number of benzene rings is 2. The van der Waals surface area contributed by atoms with E-state index in [1.165, 1.54) is 11.8 Å². The highest BCUT2D eigenvalue weighted by Gasteiger charge is 2.24. The van der Waals surface area contributed by atoms with E-state index in [0.717, 1.165) is 40.9 Å². The predicted octanol–water partition coefficient (Wildman–Crippen LogP) is 4.41. The standard InChI is InChI=1S/C22H23N3O/c1-15-11-16(2)21(17(3)12-15)24-14-19(13-23)22(26)25-10-6-8-18-7-4-5-9-20(18)25/h4-5,7,9,11-12,14,24H,6,8,10H2,1-3H3/b19-14-. The van der Waals surface area contributed by atoms with E-state index in [4.69, 9.17) is 0 Å². The van der Waals surface area contributed by atoms with Crippen LogP contribution in [-0.2, 0) is 11.2 Å². The molecule has 1 N–H and O–H groups in total. The predicted molar refractivity (Wildman–Crippen MR) is 105 cm³/mol. The molecule has 1 heterocycles. The van der Waals surface area contributed by atoms with Gasteiger partial charge in [-0.25, -0.2) is 0 Å². The molecule has 0 aliphatic carbocycles. The maximum absolute atomic E-state index is 12.9. The first-order valence-electron chi connectivity index (χ1n) is 8.85. The largest absolute Gasteiger partial charge is 0.360 e. The van der Waals surface area contributed by atoms with E-state index in [9.17, 15) is 10.1 Å².